The van der Waals surface area contributed by atoms with Gasteiger partial charge in [0.25, 0.3) is 5.91 Å². The molecule has 1 aliphatic carbocycles. The second-order valence-electron chi connectivity index (χ2n) is 6.21. The minimum atomic E-state index is -0.156. The molecular formula is C19H19IN2O2. The van der Waals surface area contributed by atoms with E-state index >= 15 is 0 Å². The highest BCUT2D eigenvalue weighted by atomic mass is 127. The van der Waals surface area contributed by atoms with Crippen molar-refractivity contribution in [3.05, 3.63) is 56.7 Å². The van der Waals surface area contributed by atoms with Gasteiger partial charge in [-0.3, -0.25) is 9.59 Å². The molecule has 24 heavy (non-hydrogen) atoms. The normalized spacial score (nSPS) is 13.5. The van der Waals surface area contributed by atoms with Crippen molar-refractivity contribution in [3.63, 3.8) is 0 Å². The van der Waals surface area contributed by atoms with E-state index in [1.165, 1.54) is 0 Å². The number of aryl methyl sites for hydroxylation is 2. The van der Waals surface area contributed by atoms with E-state index < -0.39 is 0 Å². The van der Waals surface area contributed by atoms with E-state index in [1.54, 1.807) is 0 Å². The number of anilines is 2. The van der Waals surface area contributed by atoms with Gasteiger partial charge in [0.05, 0.1) is 0 Å². The lowest BCUT2D eigenvalue weighted by molar-refractivity contribution is -0.117. The van der Waals surface area contributed by atoms with Crippen molar-refractivity contribution in [2.45, 2.75) is 26.7 Å². The Morgan fingerprint density at radius 1 is 1.00 bits per heavy atom. The SMILES string of the molecule is Cc1ccc(C(=O)Nc2ccc(C)c(NC(=O)C3CC3)c2)cc1I. The average molecular weight is 434 g/mol. The summed E-state index contributed by atoms with van der Waals surface area (Å²) in [5.74, 6) is 0.0585. The smallest absolute Gasteiger partial charge is 0.255 e. The number of rotatable bonds is 4. The number of benzene rings is 2. The Morgan fingerprint density at radius 2 is 1.71 bits per heavy atom. The third kappa shape index (κ3) is 3.95. The Morgan fingerprint density at radius 3 is 2.38 bits per heavy atom. The molecule has 0 bridgehead atoms. The summed E-state index contributed by atoms with van der Waals surface area (Å²) in [6, 6.07) is 11.2. The Labute approximate surface area is 155 Å². The van der Waals surface area contributed by atoms with E-state index in [0.29, 0.717) is 11.3 Å². The van der Waals surface area contributed by atoms with Crippen LogP contribution < -0.4 is 10.6 Å². The predicted octanol–water partition coefficient (Wildman–Crippen LogP) is 4.51. The zero-order chi connectivity index (χ0) is 17.3. The van der Waals surface area contributed by atoms with Gasteiger partial charge in [0, 0.05) is 26.4 Å². The molecule has 0 aromatic heterocycles. The fraction of sp³-hybridized carbons (Fsp3) is 0.263. The molecule has 1 saturated carbocycles. The first-order valence-electron chi connectivity index (χ1n) is 7.93. The van der Waals surface area contributed by atoms with Gasteiger partial charge in [-0.15, -0.1) is 0 Å². The average Bonchev–Trinajstić information content (AvgIpc) is 3.38. The molecule has 2 aromatic carbocycles. The van der Waals surface area contributed by atoms with Gasteiger partial charge in [0.1, 0.15) is 0 Å². The van der Waals surface area contributed by atoms with Crippen LogP contribution in [-0.4, -0.2) is 11.8 Å². The lowest BCUT2D eigenvalue weighted by Crippen LogP contribution is -2.15. The maximum atomic E-state index is 12.4. The maximum Gasteiger partial charge on any atom is 0.255 e. The zero-order valence-corrected chi connectivity index (χ0v) is 15.8. The maximum absolute atomic E-state index is 12.4. The molecular weight excluding hydrogens is 415 g/mol. The van der Waals surface area contributed by atoms with E-state index in [-0.39, 0.29) is 17.7 Å². The van der Waals surface area contributed by atoms with Crippen LogP contribution in [-0.2, 0) is 4.79 Å². The molecule has 0 saturated heterocycles. The molecule has 3 rings (SSSR count). The van der Waals surface area contributed by atoms with Crippen LogP contribution in [0, 0.1) is 23.3 Å². The van der Waals surface area contributed by atoms with Crippen molar-refractivity contribution in [2.75, 3.05) is 10.6 Å². The minimum Gasteiger partial charge on any atom is -0.326 e. The number of nitrogens with one attached hydrogen (secondary N) is 2. The highest BCUT2D eigenvalue weighted by molar-refractivity contribution is 14.1. The third-order valence-electron chi connectivity index (χ3n) is 4.14. The van der Waals surface area contributed by atoms with Gasteiger partial charge in [-0.2, -0.15) is 0 Å². The van der Waals surface area contributed by atoms with Crippen LogP contribution in [0.2, 0.25) is 0 Å². The lowest BCUT2D eigenvalue weighted by atomic mass is 10.1. The van der Waals surface area contributed by atoms with Crippen LogP contribution >= 0.6 is 22.6 Å². The van der Waals surface area contributed by atoms with Gasteiger partial charge >= 0.3 is 0 Å². The topological polar surface area (TPSA) is 58.2 Å². The van der Waals surface area contributed by atoms with Crippen molar-refractivity contribution >= 4 is 45.8 Å². The van der Waals surface area contributed by atoms with Gasteiger partial charge in [0.15, 0.2) is 0 Å². The largest absolute Gasteiger partial charge is 0.326 e. The molecule has 2 aromatic rings. The van der Waals surface area contributed by atoms with Crippen molar-refractivity contribution in [3.8, 4) is 0 Å². The Bertz CT molecular complexity index is 813. The van der Waals surface area contributed by atoms with Crippen LogP contribution in [0.15, 0.2) is 36.4 Å². The molecule has 2 N–H and O–H groups in total. The van der Waals surface area contributed by atoms with Gasteiger partial charge in [-0.05, 0) is 84.7 Å². The van der Waals surface area contributed by atoms with Gasteiger partial charge < -0.3 is 10.6 Å². The van der Waals surface area contributed by atoms with Crippen LogP contribution in [0.1, 0.15) is 34.3 Å². The van der Waals surface area contributed by atoms with E-state index in [1.807, 2.05) is 50.2 Å². The Kier molecular flexibility index (Phi) is 4.89. The summed E-state index contributed by atoms with van der Waals surface area (Å²) in [6.07, 6.45) is 1.93. The number of hydrogen-bond donors (Lipinski definition) is 2. The monoisotopic (exact) mass is 434 g/mol. The van der Waals surface area contributed by atoms with E-state index in [2.05, 4.69) is 33.2 Å². The van der Waals surface area contributed by atoms with Gasteiger partial charge in [-0.1, -0.05) is 12.1 Å². The van der Waals surface area contributed by atoms with Crippen molar-refractivity contribution < 1.29 is 9.59 Å². The summed E-state index contributed by atoms with van der Waals surface area (Å²) in [7, 11) is 0. The number of halogens is 1. The fourth-order valence-corrected chi connectivity index (χ4v) is 2.87. The summed E-state index contributed by atoms with van der Waals surface area (Å²) in [5, 5.41) is 5.85. The zero-order valence-electron chi connectivity index (χ0n) is 13.7. The minimum absolute atomic E-state index is 0.0645. The van der Waals surface area contributed by atoms with E-state index in [4.69, 9.17) is 0 Å². The molecule has 1 aliphatic rings. The molecule has 4 nitrogen and oxygen atoms in total. The fourth-order valence-electron chi connectivity index (χ4n) is 2.35. The van der Waals surface area contributed by atoms with E-state index in [0.717, 1.165) is 33.2 Å². The highest BCUT2D eigenvalue weighted by Gasteiger charge is 2.29. The number of carbonyl (C=O) groups excluding carboxylic acids is 2. The van der Waals surface area contributed by atoms with Crippen molar-refractivity contribution in [1.29, 1.82) is 0 Å². The molecule has 0 spiro atoms. The van der Waals surface area contributed by atoms with Crippen LogP contribution in [0.3, 0.4) is 0 Å². The third-order valence-corrected chi connectivity index (χ3v) is 5.30. The standard InChI is InChI=1S/C19H19IN2O2/c1-11-3-5-14(9-16(11)20)19(24)21-15-8-4-12(2)17(10-15)22-18(23)13-6-7-13/h3-5,8-10,13H,6-7H2,1-2H3,(H,21,24)(H,22,23). The molecule has 0 radical (unpaired) electrons. The van der Waals surface area contributed by atoms with Crippen molar-refractivity contribution in [2.24, 2.45) is 5.92 Å². The van der Waals surface area contributed by atoms with Crippen molar-refractivity contribution in [1.82, 2.24) is 0 Å². The molecule has 0 aliphatic heterocycles. The molecule has 5 heteroatoms. The van der Waals surface area contributed by atoms with E-state index in [9.17, 15) is 9.59 Å². The van der Waals surface area contributed by atoms with Gasteiger partial charge in [0.2, 0.25) is 5.91 Å². The van der Waals surface area contributed by atoms with Crippen LogP contribution in [0.4, 0.5) is 11.4 Å². The summed E-state index contributed by atoms with van der Waals surface area (Å²) >= 11 is 2.22. The predicted molar refractivity (Wildman–Crippen MR) is 104 cm³/mol. The second-order valence-corrected chi connectivity index (χ2v) is 7.37. The number of carbonyl (C=O) groups is 2. The molecule has 0 atom stereocenters. The Hall–Kier alpha value is -1.89. The summed E-state index contributed by atoms with van der Waals surface area (Å²) < 4.78 is 1.06. The number of amides is 2. The van der Waals surface area contributed by atoms with Crippen LogP contribution in [0.25, 0.3) is 0 Å². The Balaban J connectivity index is 1.75. The molecule has 2 amide bonds. The first-order chi connectivity index (χ1) is 11.4. The quantitative estimate of drug-likeness (QED) is 0.696. The molecule has 1 fully saturated rings. The summed E-state index contributed by atoms with van der Waals surface area (Å²) in [6.45, 7) is 3.95. The van der Waals surface area contributed by atoms with Crippen LogP contribution in [0.5, 0.6) is 0 Å². The second kappa shape index (κ2) is 6.93. The molecule has 0 heterocycles. The summed E-state index contributed by atoms with van der Waals surface area (Å²) in [5.41, 5.74) is 4.17. The lowest BCUT2D eigenvalue weighted by Gasteiger charge is -2.12. The first kappa shape index (κ1) is 17.0. The molecule has 0 unspecified atom stereocenters. The first-order valence-corrected chi connectivity index (χ1v) is 9.01. The number of hydrogen-bond acceptors (Lipinski definition) is 2. The molecule has 124 valence electrons. The highest BCUT2D eigenvalue weighted by Crippen LogP contribution is 2.31. The summed E-state index contributed by atoms with van der Waals surface area (Å²) in [4.78, 5) is 24.4. The van der Waals surface area contributed by atoms with Gasteiger partial charge in [-0.25, -0.2) is 0 Å².